The average Bonchev–Trinajstić information content (AvgIpc) is 3.11. The highest BCUT2D eigenvalue weighted by Crippen LogP contribution is 2.28. The van der Waals surface area contributed by atoms with Crippen molar-refractivity contribution >= 4 is 28.5 Å². The number of nitrogens with two attached hydrogens (primary N) is 2. The number of carbonyl (C=O) groups excluding carboxylic acids is 2. The molecule has 0 unspecified atom stereocenters. The Bertz CT molecular complexity index is 1280. The van der Waals surface area contributed by atoms with Gasteiger partial charge in [0, 0.05) is 40.7 Å². The van der Waals surface area contributed by atoms with Crippen molar-refractivity contribution in [2.75, 3.05) is 5.73 Å². The van der Waals surface area contributed by atoms with Gasteiger partial charge in [0.25, 0.3) is 5.91 Å². The smallest absolute Gasteiger partial charge is 0.251 e. The number of nitrogens with zero attached hydrogens (tertiary/aromatic N) is 2. The van der Waals surface area contributed by atoms with Gasteiger partial charge in [-0.15, -0.1) is 0 Å². The molecule has 3 aromatic heterocycles. The number of hydrogen-bond acceptors (Lipinski definition) is 5. The Labute approximate surface area is 162 Å². The molecule has 5 N–H and O–H groups in total. The van der Waals surface area contributed by atoms with E-state index in [1.165, 1.54) is 6.20 Å². The Kier molecular flexibility index (Phi) is 4.27. The van der Waals surface area contributed by atoms with E-state index in [4.69, 9.17) is 11.5 Å². The van der Waals surface area contributed by atoms with Crippen LogP contribution in [-0.2, 0) is 0 Å². The fraction of sp³-hybridized carbons (Fsp3) is 0. The van der Waals surface area contributed by atoms with Gasteiger partial charge in [0.15, 0.2) is 0 Å². The third kappa shape index (κ3) is 3.08. The summed E-state index contributed by atoms with van der Waals surface area (Å²) in [5.74, 6) is -4.10. The van der Waals surface area contributed by atoms with Gasteiger partial charge in [-0.2, -0.15) is 0 Å². The van der Waals surface area contributed by atoms with Crippen molar-refractivity contribution in [2.45, 2.75) is 0 Å². The first-order valence-electron chi connectivity index (χ1n) is 8.38. The molecule has 0 aliphatic heterocycles. The lowest BCUT2D eigenvalue weighted by Crippen LogP contribution is -2.17. The van der Waals surface area contributed by atoms with Crippen LogP contribution in [0.1, 0.15) is 26.3 Å². The van der Waals surface area contributed by atoms with Crippen LogP contribution in [0, 0.1) is 11.6 Å². The molecule has 7 nitrogen and oxygen atoms in total. The maximum atomic E-state index is 14.6. The van der Waals surface area contributed by atoms with E-state index in [-0.39, 0.29) is 5.56 Å². The van der Waals surface area contributed by atoms with Crippen LogP contribution in [0.5, 0.6) is 0 Å². The summed E-state index contributed by atoms with van der Waals surface area (Å²) in [6, 6.07) is 6.71. The standard InChI is InChI=1S/C20H13F2N5O2/c21-14-3-2-11(19(24)29)17(22)16(14)18(28)13-8-27-20-12(13)5-10(7-26-20)9-1-4-15(23)25-6-9/h1-8H,(H2,23,25)(H2,24,29)(H,26,27). The number of benzene rings is 1. The Morgan fingerprint density at radius 2 is 1.72 bits per heavy atom. The number of amides is 1. The first kappa shape index (κ1) is 18.2. The number of pyridine rings is 2. The fourth-order valence-electron chi connectivity index (χ4n) is 3.01. The van der Waals surface area contributed by atoms with Crippen molar-refractivity contribution in [2.24, 2.45) is 5.73 Å². The largest absolute Gasteiger partial charge is 0.384 e. The lowest BCUT2D eigenvalue weighted by molar-refractivity contribution is 0.0996. The number of rotatable bonds is 4. The molecule has 0 spiro atoms. The monoisotopic (exact) mass is 393 g/mol. The number of ketones is 1. The molecule has 0 radical (unpaired) electrons. The maximum Gasteiger partial charge on any atom is 0.251 e. The van der Waals surface area contributed by atoms with Crippen LogP contribution in [-0.4, -0.2) is 26.6 Å². The zero-order valence-corrected chi connectivity index (χ0v) is 14.7. The maximum absolute atomic E-state index is 14.6. The molecule has 0 aliphatic rings. The summed E-state index contributed by atoms with van der Waals surface area (Å²) in [4.78, 5) is 35.3. The number of anilines is 1. The summed E-state index contributed by atoms with van der Waals surface area (Å²) < 4.78 is 28.9. The van der Waals surface area contributed by atoms with Crippen LogP contribution < -0.4 is 11.5 Å². The molecule has 1 aromatic carbocycles. The molecule has 0 fully saturated rings. The van der Waals surface area contributed by atoms with E-state index in [1.807, 2.05) is 0 Å². The van der Waals surface area contributed by atoms with Gasteiger partial charge in [0.05, 0.1) is 11.1 Å². The van der Waals surface area contributed by atoms with E-state index in [9.17, 15) is 18.4 Å². The number of nitrogens with one attached hydrogen (secondary N) is 1. The highest BCUT2D eigenvalue weighted by molar-refractivity contribution is 6.17. The number of hydrogen-bond donors (Lipinski definition) is 3. The molecule has 1 amide bonds. The summed E-state index contributed by atoms with van der Waals surface area (Å²) in [7, 11) is 0. The molecule has 0 saturated heterocycles. The second kappa shape index (κ2) is 6.79. The quantitative estimate of drug-likeness (QED) is 0.459. The van der Waals surface area contributed by atoms with E-state index < -0.39 is 34.5 Å². The first-order chi connectivity index (χ1) is 13.9. The third-order valence-corrected chi connectivity index (χ3v) is 4.48. The minimum Gasteiger partial charge on any atom is -0.384 e. The number of nitrogen functional groups attached to an aromatic ring is 1. The topological polar surface area (TPSA) is 128 Å². The first-order valence-corrected chi connectivity index (χ1v) is 8.38. The highest BCUT2D eigenvalue weighted by Gasteiger charge is 2.25. The van der Waals surface area contributed by atoms with Gasteiger partial charge < -0.3 is 16.5 Å². The fourth-order valence-corrected chi connectivity index (χ4v) is 3.01. The summed E-state index contributed by atoms with van der Waals surface area (Å²) >= 11 is 0. The van der Waals surface area contributed by atoms with Crippen LogP contribution in [0.3, 0.4) is 0 Å². The summed E-state index contributed by atoms with van der Waals surface area (Å²) in [5, 5.41) is 0.354. The van der Waals surface area contributed by atoms with Gasteiger partial charge in [-0.25, -0.2) is 18.7 Å². The molecular formula is C20H13F2N5O2. The Morgan fingerprint density at radius 1 is 0.966 bits per heavy atom. The number of aromatic amines is 1. The molecule has 29 heavy (non-hydrogen) atoms. The Morgan fingerprint density at radius 3 is 2.41 bits per heavy atom. The van der Waals surface area contributed by atoms with Crippen LogP contribution in [0.2, 0.25) is 0 Å². The molecule has 0 aliphatic carbocycles. The van der Waals surface area contributed by atoms with Gasteiger partial charge in [-0.05, 0) is 30.3 Å². The third-order valence-electron chi connectivity index (χ3n) is 4.48. The predicted molar refractivity (Wildman–Crippen MR) is 102 cm³/mol. The van der Waals surface area contributed by atoms with Crippen LogP contribution in [0.15, 0.2) is 48.9 Å². The molecule has 0 bridgehead atoms. The molecule has 4 aromatic rings. The summed E-state index contributed by atoms with van der Waals surface area (Å²) in [5.41, 5.74) is 10.9. The number of carbonyl (C=O) groups is 2. The van der Waals surface area contributed by atoms with Crippen molar-refractivity contribution in [3.8, 4) is 11.1 Å². The van der Waals surface area contributed by atoms with Crippen molar-refractivity contribution in [3.05, 3.63) is 77.2 Å². The Hall–Kier alpha value is -4.14. The van der Waals surface area contributed by atoms with Crippen molar-refractivity contribution in [1.82, 2.24) is 15.0 Å². The highest BCUT2D eigenvalue weighted by atomic mass is 19.1. The second-order valence-corrected chi connectivity index (χ2v) is 6.27. The molecule has 0 saturated carbocycles. The lowest BCUT2D eigenvalue weighted by Gasteiger charge is -2.07. The number of aromatic nitrogens is 3. The summed E-state index contributed by atoms with van der Waals surface area (Å²) in [6.07, 6.45) is 4.41. The van der Waals surface area contributed by atoms with Gasteiger partial charge >= 0.3 is 0 Å². The number of primary amides is 1. The van der Waals surface area contributed by atoms with E-state index in [0.29, 0.717) is 28.0 Å². The van der Waals surface area contributed by atoms with Gasteiger partial charge in [0.2, 0.25) is 5.78 Å². The van der Waals surface area contributed by atoms with E-state index in [2.05, 4.69) is 15.0 Å². The molecule has 144 valence electrons. The van der Waals surface area contributed by atoms with E-state index in [1.54, 1.807) is 30.6 Å². The van der Waals surface area contributed by atoms with Crippen LogP contribution >= 0.6 is 0 Å². The number of fused-ring (bicyclic) bond motifs is 1. The van der Waals surface area contributed by atoms with E-state index in [0.717, 1.165) is 12.1 Å². The molecule has 0 atom stereocenters. The number of halogens is 2. The minimum atomic E-state index is -1.30. The molecular weight excluding hydrogens is 380 g/mol. The normalized spacial score (nSPS) is 11.0. The van der Waals surface area contributed by atoms with Crippen molar-refractivity contribution in [3.63, 3.8) is 0 Å². The molecule has 9 heteroatoms. The zero-order chi connectivity index (χ0) is 20.7. The van der Waals surface area contributed by atoms with Gasteiger partial charge in [0.1, 0.15) is 23.1 Å². The van der Waals surface area contributed by atoms with Gasteiger partial charge in [-0.3, -0.25) is 9.59 Å². The summed E-state index contributed by atoms with van der Waals surface area (Å²) in [6.45, 7) is 0. The van der Waals surface area contributed by atoms with Crippen LogP contribution in [0.25, 0.3) is 22.2 Å². The SMILES string of the molecule is NC(=O)c1ccc(F)c(C(=O)c2c[nH]c3ncc(-c4ccc(N)nc4)cc23)c1F. The van der Waals surface area contributed by atoms with Crippen LogP contribution in [0.4, 0.5) is 14.6 Å². The van der Waals surface area contributed by atoms with E-state index >= 15 is 0 Å². The number of H-pyrrole nitrogens is 1. The molecule has 4 rings (SSSR count). The second-order valence-electron chi connectivity index (χ2n) is 6.27. The van der Waals surface area contributed by atoms with Gasteiger partial charge in [-0.1, -0.05) is 0 Å². The Balaban J connectivity index is 1.86. The van der Waals surface area contributed by atoms with Crippen molar-refractivity contribution < 1.29 is 18.4 Å². The minimum absolute atomic E-state index is 0.00262. The molecule has 3 heterocycles. The zero-order valence-electron chi connectivity index (χ0n) is 14.7. The average molecular weight is 393 g/mol. The lowest BCUT2D eigenvalue weighted by atomic mass is 9.98. The predicted octanol–water partition coefficient (Wildman–Crippen LogP) is 2.82. The van der Waals surface area contributed by atoms with Crippen molar-refractivity contribution in [1.29, 1.82) is 0 Å².